The molecule has 2 heterocycles. The molecular weight excluding hydrogens is 488 g/mol. The van der Waals surface area contributed by atoms with Crippen LogP contribution in [0.1, 0.15) is 66.1 Å². The van der Waals surface area contributed by atoms with E-state index in [-0.39, 0.29) is 18.4 Å². The number of benzene rings is 2. The summed E-state index contributed by atoms with van der Waals surface area (Å²) in [6.45, 7) is 4.41. The van der Waals surface area contributed by atoms with Gasteiger partial charge in [0, 0.05) is 50.2 Å². The molecule has 4 rings (SSSR count). The summed E-state index contributed by atoms with van der Waals surface area (Å²) < 4.78 is 0. The van der Waals surface area contributed by atoms with Gasteiger partial charge in [-0.2, -0.15) is 0 Å². The number of fused-ring (bicyclic) bond motifs is 1. The highest BCUT2D eigenvalue weighted by Gasteiger charge is 2.21. The minimum absolute atomic E-state index is 0.00697. The lowest BCUT2D eigenvalue weighted by Gasteiger charge is -2.29. The molecule has 3 aromatic rings. The number of carbonyl (C=O) groups is 2. The van der Waals surface area contributed by atoms with Crippen LogP contribution in [0.5, 0.6) is 0 Å². The standard InChI is InChI=1S/C32H40N4O3/c1-25(38)36-18-9-4-2-3-8-17-35(22-27-13-10-16-33-21-27)23-29-20-28(14-15-31(29)36)32(39)34-30(24-37)19-26-11-6-5-7-12-26/h5-7,10-16,20-21,30,37H,2-4,8-9,17-19,22-24H2,1H3,(H,34,39)/t30-/m0/s1. The molecule has 7 heteroatoms. The number of hydrogen-bond acceptors (Lipinski definition) is 5. The number of hydrogen-bond donors (Lipinski definition) is 2. The topological polar surface area (TPSA) is 85.8 Å². The van der Waals surface area contributed by atoms with Gasteiger partial charge in [0.05, 0.1) is 12.6 Å². The van der Waals surface area contributed by atoms with Gasteiger partial charge in [-0.3, -0.25) is 19.5 Å². The summed E-state index contributed by atoms with van der Waals surface area (Å²) in [7, 11) is 0. The summed E-state index contributed by atoms with van der Waals surface area (Å²) in [5, 5.41) is 13.0. The van der Waals surface area contributed by atoms with Gasteiger partial charge in [-0.1, -0.05) is 55.7 Å². The molecule has 2 N–H and O–H groups in total. The van der Waals surface area contributed by atoms with Gasteiger partial charge in [-0.15, -0.1) is 0 Å². The van der Waals surface area contributed by atoms with Gasteiger partial charge in [0.15, 0.2) is 0 Å². The number of anilines is 1. The molecule has 0 fully saturated rings. The zero-order chi connectivity index (χ0) is 27.5. The number of amides is 2. The van der Waals surface area contributed by atoms with Crippen molar-refractivity contribution < 1.29 is 14.7 Å². The number of pyridine rings is 1. The van der Waals surface area contributed by atoms with Gasteiger partial charge in [0.25, 0.3) is 5.91 Å². The van der Waals surface area contributed by atoms with Crippen LogP contribution in [0.4, 0.5) is 5.69 Å². The van der Waals surface area contributed by atoms with Crippen LogP contribution in [0.15, 0.2) is 73.1 Å². The van der Waals surface area contributed by atoms with Crippen molar-refractivity contribution in [3.63, 3.8) is 0 Å². The number of aliphatic hydroxyl groups excluding tert-OH is 1. The van der Waals surface area contributed by atoms with Crippen molar-refractivity contribution in [2.75, 3.05) is 24.6 Å². The molecule has 39 heavy (non-hydrogen) atoms. The quantitative estimate of drug-likeness (QED) is 0.463. The zero-order valence-electron chi connectivity index (χ0n) is 22.9. The number of aliphatic hydroxyl groups is 1. The summed E-state index contributed by atoms with van der Waals surface area (Å²) in [6.07, 6.45) is 9.68. The summed E-state index contributed by atoms with van der Waals surface area (Å²) in [5.41, 5.74) is 4.52. The molecule has 206 valence electrons. The van der Waals surface area contributed by atoms with Crippen molar-refractivity contribution in [3.05, 3.63) is 95.3 Å². The summed E-state index contributed by atoms with van der Waals surface area (Å²) >= 11 is 0. The first-order valence-corrected chi connectivity index (χ1v) is 14.0. The minimum atomic E-state index is -0.392. The molecular formula is C32H40N4O3. The van der Waals surface area contributed by atoms with Gasteiger partial charge in [-0.05, 0) is 66.8 Å². The van der Waals surface area contributed by atoms with Gasteiger partial charge >= 0.3 is 0 Å². The van der Waals surface area contributed by atoms with Crippen LogP contribution >= 0.6 is 0 Å². The van der Waals surface area contributed by atoms with Crippen LogP contribution < -0.4 is 10.2 Å². The Hall–Kier alpha value is -3.55. The van der Waals surface area contributed by atoms with E-state index in [4.69, 9.17) is 0 Å². The molecule has 0 saturated carbocycles. The highest BCUT2D eigenvalue weighted by atomic mass is 16.3. The second-order valence-corrected chi connectivity index (χ2v) is 10.4. The van der Waals surface area contributed by atoms with Crippen LogP contribution in [0.2, 0.25) is 0 Å². The highest BCUT2D eigenvalue weighted by molar-refractivity contribution is 5.97. The molecule has 1 aromatic heterocycles. The van der Waals surface area contributed by atoms with Crippen molar-refractivity contribution in [3.8, 4) is 0 Å². The Bertz CT molecular complexity index is 1200. The third kappa shape index (κ3) is 8.47. The normalized spacial score (nSPS) is 15.9. The number of nitrogens with zero attached hydrogens (tertiary/aromatic N) is 3. The Labute approximate surface area is 231 Å². The fourth-order valence-electron chi connectivity index (χ4n) is 5.23. The third-order valence-corrected chi connectivity index (χ3v) is 7.27. The molecule has 2 aromatic carbocycles. The van der Waals surface area contributed by atoms with E-state index in [1.165, 1.54) is 0 Å². The number of nitrogens with one attached hydrogen (secondary N) is 1. The fraction of sp³-hybridized carbons (Fsp3) is 0.406. The molecule has 0 bridgehead atoms. The summed E-state index contributed by atoms with van der Waals surface area (Å²) in [4.78, 5) is 34.6. The van der Waals surface area contributed by atoms with Crippen molar-refractivity contribution in [2.45, 2.75) is 64.6 Å². The SMILES string of the molecule is CC(=O)N1CCCCCCCN(Cc2cccnc2)Cc2cc(C(=O)N[C@H](CO)Cc3ccccc3)ccc21. The van der Waals surface area contributed by atoms with Gasteiger partial charge in [0.1, 0.15) is 0 Å². The molecule has 1 aliphatic heterocycles. The van der Waals surface area contributed by atoms with Crippen molar-refractivity contribution in [2.24, 2.45) is 0 Å². The second kappa shape index (κ2) is 14.6. The Morgan fingerprint density at radius 3 is 2.41 bits per heavy atom. The molecule has 2 amide bonds. The second-order valence-electron chi connectivity index (χ2n) is 10.4. The van der Waals surface area contributed by atoms with Crippen LogP contribution in [0.25, 0.3) is 0 Å². The van der Waals surface area contributed by atoms with Crippen LogP contribution in [-0.2, 0) is 24.3 Å². The molecule has 1 atom stereocenters. The maximum absolute atomic E-state index is 13.3. The third-order valence-electron chi connectivity index (χ3n) is 7.27. The molecule has 0 saturated heterocycles. The number of carbonyl (C=O) groups excluding carboxylic acids is 2. The number of aromatic nitrogens is 1. The van der Waals surface area contributed by atoms with Crippen LogP contribution in [0, 0.1) is 0 Å². The van der Waals surface area contributed by atoms with Crippen LogP contribution in [-0.4, -0.2) is 52.5 Å². The fourth-order valence-corrected chi connectivity index (χ4v) is 5.23. The maximum Gasteiger partial charge on any atom is 0.251 e. The van der Waals surface area contributed by atoms with E-state index in [0.717, 1.165) is 67.6 Å². The first-order valence-electron chi connectivity index (χ1n) is 14.0. The van der Waals surface area contributed by atoms with E-state index < -0.39 is 6.04 Å². The first kappa shape index (κ1) is 28.5. The van der Waals surface area contributed by atoms with Crippen molar-refractivity contribution in [1.29, 1.82) is 0 Å². The number of rotatable bonds is 7. The van der Waals surface area contributed by atoms with E-state index >= 15 is 0 Å². The van der Waals surface area contributed by atoms with E-state index in [1.54, 1.807) is 19.2 Å². The lowest BCUT2D eigenvalue weighted by molar-refractivity contribution is -0.116. The Morgan fingerprint density at radius 2 is 1.69 bits per heavy atom. The smallest absolute Gasteiger partial charge is 0.251 e. The van der Waals surface area contributed by atoms with Gasteiger partial charge in [-0.25, -0.2) is 0 Å². The van der Waals surface area contributed by atoms with E-state index in [0.29, 0.717) is 25.1 Å². The Balaban J connectivity index is 1.61. The van der Waals surface area contributed by atoms with Gasteiger partial charge in [0.2, 0.25) is 5.91 Å². The molecule has 0 aliphatic carbocycles. The summed E-state index contributed by atoms with van der Waals surface area (Å²) in [6, 6.07) is 19.1. The largest absolute Gasteiger partial charge is 0.394 e. The average molecular weight is 529 g/mol. The van der Waals surface area contributed by atoms with Crippen molar-refractivity contribution >= 4 is 17.5 Å². The predicted octanol–water partition coefficient (Wildman–Crippen LogP) is 4.73. The summed E-state index contributed by atoms with van der Waals surface area (Å²) in [5.74, 6) is -0.223. The zero-order valence-corrected chi connectivity index (χ0v) is 22.9. The lowest BCUT2D eigenvalue weighted by Crippen LogP contribution is -2.39. The Morgan fingerprint density at radius 1 is 0.949 bits per heavy atom. The van der Waals surface area contributed by atoms with Crippen molar-refractivity contribution in [1.82, 2.24) is 15.2 Å². The molecule has 0 spiro atoms. The van der Waals surface area contributed by atoms with Gasteiger partial charge < -0.3 is 15.3 Å². The first-order chi connectivity index (χ1) is 19.0. The lowest BCUT2D eigenvalue weighted by atomic mass is 10.0. The molecule has 0 unspecified atom stereocenters. The van der Waals surface area contributed by atoms with Crippen LogP contribution in [0.3, 0.4) is 0 Å². The van der Waals surface area contributed by atoms with E-state index in [9.17, 15) is 14.7 Å². The predicted molar refractivity (Wildman–Crippen MR) is 154 cm³/mol. The van der Waals surface area contributed by atoms with E-state index in [1.807, 2.05) is 59.6 Å². The monoisotopic (exact) mass is 528 g/mol. The minimum Gasteiger partial charge on any atom is -0.394 e. The molecule has 1 aliphatic rings. The average Bonchev–Trinajstić information content (AvgIpc) is 2.94. The Kier molecular flexibility index (Phi) is 10.6. The molecule has 7 nitrogen and oxygen atoms in total. The highest BCUT2D eigenvalue weighted by Crippen LogP contribution is 2.27. The molecule has 0 radical (unpaired) electrons. The maximum atomic E-state index is 13.3. The van der Waals surface area contributed by atoms with E-state index in [2.05, 4.69) is 21.3 Å².